The summed E-state index contributed by atoms with van der Waals surface area (Å²) >= 11 is 0. The van der Waals surface area contributed by atoms with E-state index in [1.54, 1.807) is 0 Å². The van der Waals surface area contributed by atoms with Crippen molar-refractivity contribution in [1.29, 1.82) is 0 Å². The Kier molecular flexibility index (Phi) is 2.88. The molecule has 1 aliphatic rings. The number of nitrogens with one attached hydrogen (secondary N) is 2. The quantitative estimate of drug-likeness (QED) is 0.798. The van der Waals surface area contributed by atoms with Crippen LogP contribution in [0.2, 0.25) is 0 Å². The van der Waals surface area contributed by atoms with E-state index in [1.807, 2.05) is 0 Å². The Bertz CT molecular complexity index is 359. The molecule has 0 bridgehead atoms. The first kappa shape index (κ1) is 11.4. The van der Waals surface area contributed by atoms with E-state index in [-0.39, 0.29) is 0 Å². The molecule has 1 unspecified atom stereocenters. The molecule has 5 heteroatoms. The van der Waals surface area contributed by atoms with E-state index in [4.69, 9.17) is 4.42 Å². The van der Waals surface area contributed by atoms with Crippen molar-refractivity contribution in [3.05, 3.63) is 5.89 Å². The van der Waals surface area contributed by atoms with Crippen LogP contribution in [0.3, 0.4) is 0 Å². The molecule has 1 fully saturated rings. The summed E-state index contributed by atoms with van der Waals surface area (Å²) in [5.74, 6) is 0.634. The summed E-state index contributed by atoms with van der Waals surface area (Å²) in [5.41, 5.74) is 0.366. The van der Waals surface area contributed by atoms with Crippen LogP contribution >= 0.6 is 0 Å². The van der Waals surface area contributed by atoms with Crippen LogP contribution in [-0.4, -0.2) is 22.3 Å². The van der Waals surface area contributed by atoms with Gasteiger partial charge in [-0.2, -0.15) is 0 Å². The molecular weight excluding hydrogens is 204 g/mol. The Morgan fingerprint density at radius 1 is 1.44 bits per heavy atom. The Hall–Kier alpha value is -1.10. The minimum absolute atomic E-state index is 0.366. The second-order valence-electron chi connectivity index (χ2n) is 5.43. The summed E-state index contributed by atoms with van der Waals surface area (Å²) in [5, 5.41) is 14.4. The zero-order valence-electron chi connectivity index (χ0n) is 10.4. The normalized spacial score (nSPS) is 22.4. The summed E-state index contributed by atoms with van der Waals surface area (Å²) in [6.45, 7) is 9.25. The predicted octanol–water partition coefficient (Wildman–Crippen LogP) is 1.78. The summed E-state index contributed by atoms with van der Waals surface area (Å²) in [4.78, 5) is 0. The Morgan fingerprint density at radius 2 is 2.12 bits per heavy atom. The summed E-state index contributed by atoms with van der Waals surface area (Å²) in [6.07, 6.45) is 1.16. The van der Waals surface area contributed by atoms with Gasteiger partial charge in [0.05, 0.1) is 6.54 Å². The zero-order valence-corrected chi connectivity index (χ0v) is 10.4. The number of aromatic nitrogens is 2. The van der Waals surface area contributed by atoms with Crippen LogP contribution in [0.15, 0.2) is 4.42 Å². The fourth-order valence-electron chi connectivity index (χ4n) is 1.54. The predicted molar refractivity (Wildman–Crippen MR) is 62.1 cm³/mol. The van der Waals surface area contributed by atoms with Gasteiger partial charge in [-0.15, -0.1) is 5.10 Å². The molecule has 1 aromatic rings. The van der Waals surface area contributed by atoms with Crippen molar-refractivity contribution in [3.63, 3.8) is 0 Å². The van der Waals surface area contributed by atoms with Gasteiger partial charge in [0.25, 0.3) is 0 Å². The van der Waals surface area contributed by atoms with E-state index < -0.39 is 0 Å². The molecule has 0 aromatic carbocycles. The third-order valence-electron chi connectivity index (χ3n) is 2.94. The van der Waals surface area contributed by atoms with E-state index in [2.05, 4.69) is 48.5 Å². The van der Waals surface area contributed by atoms with Gasteiger partial charge in [0.15, 0.2) is 0 Å². The highest BCUT2D eigenvalue weighted by molar-refractivity contribution is 5.26. The van der Waals surface area contributed by atoms with Gasteiger partial charge in [-0.3, -0.25) is 0 Å². The van der Waals surface area contributed by atoms with Crippen LogP contribution in [0.4, 0.5) is 6.01 Å². The average Bonchev–Trinajstić information content (AvgIpc) is 2.62. The Morgan fingerprint density at radius 3 is 2.69 bits per heavy atom. The van der Waals surface area contributed by atoms with Gasteiger partial charge in [-0.05, 0) is 11.8 Å². The molecule has 1 atom stereocenters. The second kappa shape index (κ2) is 4.05. The van der Waals surface area contributed by atoms with Gasteiger partial charge in [0.2, 0.25) is 5.89 Å². The number of rotatable bonds is 5. The maximum Gasteiger partial charge on any atom is 0.315 e. The van der Waals surface area contributed by atoms with Crippen LogP contribution < -0.4 is 10.6 Å². The first-order valence-corrected chi connectivity index (χ1v) is 5.80. The minimum atomic E-state index is 0.366. The molecule has 1 saturated carbocycles. The van der Waals surface area contributed by atoms with Crippen molar-refractivity contribution >= 4 is 6.01 Å². The highest BCUT2D eigenvalue weighted by atomic mass is 16.4. The molecule has 0 spiro atoms. The Labute approximate surface area is 96.0 Å². The van der Waals surface area contributed by atoms with Gasteiger partial charge in [0, 0.05) is 12.1 Å². The lowest BCUT2D eigenvalue weighted by atomic mass is 10.2. The lowest BCUT2D eigenvalue weighted by Gasteiger charge is -2.04. The molecule has 2 N–H and O–H groups in total. The molecule has 16 heavy (non-hydrogen) atoms. The van der Waals surface area contributed by atoms with Crippen molar-refractivity contribution in [2.45, 2.75) is 52.7 Å². The molecule has 0 amide bonds. The van der Waals surface area contributed by atoms with Crippen molar-refractivity contribution in [1.82, 2.24) is 15.5 Å². The first-order valence-electron chi connectivity index (χ1n) is 5.80. The van der Waals surface area contributed by atoms with Crippen molar-refractivity contribution < 1.29 is 4.42 Å². The molecule has 1 heterocycles. The lowest BCUT2D eigenvalue weighted by molar-refractivity contribution is 0.456. The van der Waals surface area contributed by atoms with Gasteiger partial charge in [-0.25, -0.2) is 0 Å². The molecule has 1 aliphatic carbocycles. The van der Waals surface area contributed by atoms with Crippen molar-refractivity contribution in [3.8, 4) is 0 Å². The van der Waals surface area contributed by atoms with E-state index in [9.17, 15) is 0 Å². The monoisotopic (exact) mass is 224 g/mol. The largest absolute Gasteiger partial charge is 0.407 e. The van der Waals surface area contributed by atoms with Gasteiger partial charge >= 0.3 is 6.01 Å². The van der Waals surface area contributed by atoms with Crippen LogP contribution in [-0.2, 0) is 6.54 Å². The maximum absolute atomic E-state index is 5.48. The van der Waals surface area contributed by atoms with Crippen LogP contribution in [0, 0.1) is 5.41 Å². The number of hydrogen-bond donors (Lipinski definition) is 2. The molecule has 0 saturated heterocycles. The number of anilines is 1. The third kappa shape index (κ3) is 2.72. The van der Waals surface area contributed by atoms with E-state index >= 15 is 0 Å². The van der Waals surface area contributed by atoms with E-state index in [0.29, 0.717) is 35.9 Å². The number of nitrogens with zero attached hydrogens (tertiary/aromatic N) is 2. The maximum atomic E-state index is 5.48. The minimum Gasteiger partial charge on any atom is -0.407 e. The summed E-state index contributed by atoms with van der Waals surface area (Å²) in [7, 11) is 0. The molecule has 0 aliphatic heterocycles. The van der Waals surface area contributed by atoms with Crippen LogP contribution in [0.25, 0.3) is 0 Å². The highest BCUT2D eigenvalue weighted by Gasteiger charge is 2.46. The molecule has 2 rings (SSSR count). The number of hydrogen-bond acceptors (Lipinski definition) is 5. The molecule has 0 radical (unpaired) electrons. The van der Waals surface area contributed by atoms with Crippen LogP contribution in [0.5, 0.6) is 0 Å². The fraction of sp³-hybridized carbons (Fsp3) is 0.818. The zero-order chi connectivity index (χ0) is 11.8. The standard InChI is InChI=1S/C11H20N4O/c1-7(2)12-6-9-14-15-10(16-9)13-8-5-11(8,3)4/h7-8,12H,5-6H2,1-4H3,(H,13,15). The van der Waals surface area contributed by atoms with Gasteiger partial charge < -0.3 is 15.1 Å². The molecule has 1 aromatic heterocycles. The second-order valence-corrected chi connectivity index (χ2v) is 5.43. The van der Waals surface area contributed by atoms with Crippen molar-refractivity contribution in [2.24, 2.45) is 5.41 Å². The Balaban J connectivity index is 1.83. The average molecular weight is 224 g/mol. The molecular formula is C11H20N4O. The van der Waals surface area contributed by atoms with E-state index in [1.165, 1.54) is 0 Å². The smallest absolute Gasteiger partial charge is 0.315 e. The van der Waals surface area contributed by atoms with Crippen LogP contribution in [0.1, 0.15) is 40.0 Å². The summed E-state index contributed by atoms with van der Waals surface area (Å²) < 4.78 is 5.48. The first-order chi connectivity index (χ1) is 7.47. The highest BCUT2D eigenvalue weighted by Crippen LogP contribution is 2.46. The molecule has 5 nitrogen and oxygen atoms in total. The topological polar surface area (TPSA) is 63.0 Å². The van der Waals surface area contributed by atoms with Gasteiger partial charge in [-0.1, -0.05) is 32.8 Å². The lowest BCUT2D eigenvalue weighted by Crippen LogP contribution is -2.21. The van der Waals surface area contributed by atoms with E-state index in [0.717, 1.165) is 6.42 Å². The SMILES string of the molecule is CC(C)NCc1nnc(NC2CC2(C)C)o1. The third-order valence-corrected chi connectivity index (χ3v) is 2.94. The fourth-order valence-corrected chi connectivity index (χ4v) is 1.54. The molecule has 90 valence electrons. The summed E-state index contributed by atoms with van der Waals surface area (Å²) in [6, 6.07) is 1.43. The van der Waals surface area contributed by atoms with Crippen molar-refractivity contribution in [2.75, 3.05) is 5.32 Å². The van der Waals surface area contributed by atoms with Gasteiger partial charge in [0.1, 0.15) is 0 Å².